The van der Waals surface area contributed by atoms with E-state index in [1.807, 2.05) is 63.1 Å². The summed E-state index contributed by atoms with van der Waals surface area (Å²) in [5.74, 6) is -0.692. The van der Waals surface area contributed by atoms with Gasteiger partial charge in [0, 0.05) is 5.54 Å². The molecule has 2 saturated heterocycles. The van der Waals surface area contributed by atoms with E-state index in [1.54, 1.807) is 0 Å². The molecule has 0 aromatic heterocycles. The van der Waals surface area contributed by atoms with E-state index < -0.39 is 12.0 Å². The first kappa shape index (κ1) is 16.9. The molecule has 2 heterocycles. The second kappa shape index (κ2) is 6.18. The lowest BCUT2D eigenvalue weighted by Gasteiger charge is -2.36. The zero-order valence-corrected chi connectivity index (χ0v) is 14.6. The van der Waals surface area contributed by atoms with Gasteiger partial charge < -0.3 is 4.74 Å². The third-order valence-electron chi connectivity index (χ3n) is 4.49. The van der Waals surface area contributed by atoms with Gasteiger partial charge in [0.1, 0.15) is 6.61 Å². The number of carbonyl (C=O) groups excluding carboxylic acids is 2. The summed E-state index contributed by atoms with van der Waals surface area (Å²) in [6, 6.07) is 9.58. The first-order chi connectivity index (χ1) is 11.3. The average Bonchev–Trinajstić information content (AvgIpc) is 3.10. The van der Waals surface area contributed by atoms with E-state index in [2.05, 4.69) is 0 Å². The average molecular weight is 332 g/mol. The Balaban J connectivity index is 1.99. The molecule has 1 aromatic rings. The van der Waals surface area contributed by atoms with Crippen LogP contribution < -0.4 is 0 Å². The fourth-order valence-corrected chi connectivity index (χ4v) is 3.39. The minimum absolute atomic E-state index is 0.231. The summed E-state index contributed by atoms with van der Waals surface area (Å²) >= 11 is 0. The Morgan fingerprint density at radius 3 is 2.42 bits per heavy atom. The minimum atomic E-state index is -0.562. The standard InChI is InChI=1S/C18H24N2O4/c1-12-14(16(21)19-10-11-23-17(19)22)15(13-8-6-5-7-9-13)20(24-12)18(2,3)4/h5-9,12,14-15H,10-11H2,1-4H3/t12-,14-,15+/m0/s1. The smallest absolute Gasteiger partial charge is 0.416 e. The second-order valence-electron chi connectivity index (χ2n) is 7.29. The maximum atomic E-state index is 13.0. The van der Waals surface area contributed by atoms with Gasteiger partial charge >= 0.3 is 6.09 Å². The van der Waals surface area contributed by atoms with Crippen LogP contribution in [0, 0.1) is 5.92 Å². The minimum Gasteiger partial charge on any atom is -0.447 e. The predicted molar refractivity (Wildman–Crippen MR) is 87.9 cm³/mol. The van der Waals surface area contributed by atoms with Crippen molar-refractivity contribution in [2.75, 3.05) is 13.2 Å². The van der Waals surface area contributed by atoms with Crippen molar-refractivity contribution < 1.29 is 19.2 Å². The van der Waals surface area contributed by atoms with Crippen LogP contribution in [0.4, 0.5) is 4.79 Å². The van der Waals surface area contributed by atoms with Gasteiger partial charge in [-0.05, 0) is 33.3 Å². The summed E-state index contributed by atoms with van der Waals surface area (Å²) in [6.07, 6.45) is -0.886. The summed E-state index contributed by atoms with van der Waals surface area (Å²) in [7, 11) is 0. The van der Waals surface area contributed by atoms with Crippen molar-refractivity contribution in [3.63, 3.8) is 0 Å². The zero-order valence-electron chi connectivity index (χ0n) is 14.6. The molecule has 2 amide bonds. The van der Waals surface area contributed by atoms with E-state index in [1.165, 1.54) is 4.90 Å². The molecule has 0 saturated carbocycles. The largest absolute Gasteiger partial charge is 0.447 e. The van der Waals surface area contributed by atoms with Crippen molar-refractivity contribution in [1.29, 1.82) is 0 Å². The maximum absolute atomic E-state index is 13.0. The zero-order chi connectivity index (χ0) is 17.5. The third-order valence-corrected chi connectivity index (χ3v) is 4.49. The van der Waals surface area contributed by atoms with Crippen molar-refractivity contribution in [2.24, 2.45) is 5.92 Å². The number of hydrogen-bond acceptors (Lipinski definition) is 5. The van der Waals surface area contributed by atoms with Crippen molar-refractivity contribution >= 4 is 12.0 Å². The summed E-state index contributed by atoms with van der Waals surface area (Å²) < 4.78 is 4.93. The molecule has 2 fully saturated rings. The highest BCUT2D eigenvalue weighted by molar-refractivity contribution is 5.95. The normalized spacial score (nSPS) is 28.2. The Labute approximate surface area is 142 Å². The number of imide groups is 1. The Hall–Kier alpha value is -1.92. The van der Waals surface area contributed by atoms with E-state index in [-0.39, 0.29) is 30.2 Å². The quantitative estimate of drug-likeness (QED) is 0.833. The van der Waals surface area contributed by atoms with Crippen LogP contribution in [0.2, 0.25) is 0 Å². The Kier molecular flexibility index (Phi) is 4.36. The molecule has 0 radical (unpaired) electrons. The van der Waals surface area contributed by atoms with Gasteiger partial charge in [0.2, 0.25) is 5.91 Å². The molecular formula is C18H24N2O4. The van der Waals surface area contributed by atoms with Crippen LogP contribution in [-0.4, -0.2) is 46.8 Å². The van der Waals surface area contributed by atoms with Crippen LogP contribution in [0.3, 0.4) is 0 Å². The summed E-state index contributed by atoms with van der Waals surface area (Å²) in [4.78, 5) is 32.1. The van der Waals surface area contributed by atoms with E-state index in [0.717, 1.165) is 5.56 Å². The molecule has 24 heavy (non-hydrogen) atoms. The van der Waals surface area contributed by atoms with Crippen molar-refractivity contribution in [3.8, 4) is 0 Å². The molecule has 6 heteroatoms. The lowest BCUT2D eigenvalue weighted by molar-refractivity contribution is -0.209. The molecule has 0 spiro atoms. The number of hydrogen-bond donors (Lipinski definition) is 0. The number of nitrogens with zero attached hydrogens (tertiary/aromatic N) is 2. The Morgan fingerprint density at radius 1 is 1.21 bits per heavy atom. The number of benzene rings is 1. The molecule has 0 N–H and O–H groups in total. The van der Waals surface area contributed by atoms with Crippen LogP contribution >= 0.6 is 0 Å². The fourth-order valence-electron chi connectivity index (χ4n) is 3.39. The van der Waals surface area contributed by atoms with Crippen molar-refractivity contribution in [1.82, 2.24) is 9.96 Å². The lowest BCUT2D eigenvalue weighted by atomic mass is 9.87. The van der Waals surface area contributed by atoms with Gasteiger partial charge in [-0.3, -0.25) is 9.63 Å². The molecule has 1 aromatic carbocycles. The van der Waals surface area contributed by atoms with E-state index >= 15 is 0 Å². The number of cyclic esters (lactones) is 1. The number of ether oxygens (including phenoxy) is 1. The summed E-state index contributed by atoms with van der Waals surface area (Å²) in [5, 5.41) is 1.89. The van der Waals surface area contributed by atoms with Gasteiger partial charge in [0.15, 0.2) is 0 Å². The maximum Gasteiger partial charge on any atom is 0.416 e. The topological polar surface area (TPSA) is 59.1 Å². The molecule has 3 rings (SSSR count). The van der Waals surface area contributed by atoms with Gasteiger partial charge in [0.05, 0.1) is 24.6 Å². The highest BCUT2D eigenvalue weighted by atomic mass is 16.7. The highest BCUT2D eigenvalue weighted by Gasteiger charge is 2.52. The van der Waals surface area contributed by atoms with Gasteiger partial charge in [-0.15, -0.1) is 0 Å². The first-order valence-electron chi connectivity index (χ1n) is 8.30. The number of hydroxylamine groups is 2. The van der Waals surface area contributed by atoms with Gasteiger partial charge in [-0.25, -0.2) is 9.69 Å². The van der Waals surface area contributed by atoms with Crippen LogP contribution in [0.25, 0.3) is 0 Å². The Bertz CT molecular complexity index is 626. The molecule has 3 atom stereocenters. The second-order valence-corrected chi connectivity index (χ2v) is 7.29. The monoisotopic (exact) mass is 332 g/mol. The SMILES string of the molecule is C[C@@H]1ON(C(C)(C)C)[C@H](c2ccccc2)[C@H]1C(=O)N1CCOC1=O. The summed E-state index contributed by atoms with van der Waals surface area (Å²) in [6.45, 7) is 8.58. The Morgan fingerprint density at radius 2 is 1.88 bits per heavy atom. The van der Waals surface area contributed by atoms with E-state index in [4.69, 9.17) is 9.57 Å². The van der Waals surface area contributed by atoms with Crippen LogP contribution in [0.5, 0.6) is 0 Å². The summed E-state index contributed by atoms with van der Waals surface area (Å²) in [5.41, 5.74) is 0.720. The highest BCUT2D eigenvalue weighted by Crippen LogP contribution is 2.44. The van der Waals surface area contributed by atoms with Crippen molar-refractivity contribution in [2.45, 2.75) is 45.4 Å². The van der Waals surface area contributed by atoms with Gasteiger partial charge in [-0.1, -0.05) is 30.3 Å². The van der Waals surface area contributed by atoms with Crippen LogP contribution in [0.1, 0.15) is 39.3 Å². The molecule has 0 aliphatic carbocycles. The third kappa shape index (κ3) is 2.91. The van der Waals surface area contributed by atoms with Gasteiger partial charge in [0.25, 0.3) is 0 Å². The fraction of sp³-hybridized carbons (Fsp3) is 0.556. The molecule has 2 aliphatic rings. The molecule has 2 aliphatic heterocycles. The number of carbonyl (C=O) groups is 2. The predicted octanol–water partition coefficient (Wildman–Crippen LogP) is 2.76. The molecule has 0 unspecified atom stereocenters. The molecule has 0 bridgehead atoms. The molecule has 130 valence electrons. The number of amides is 2. The van der Waals surface area contributed by atoms with Crippen LogP contribution in [0.15, 0.2) is 30.3 Å². The number of rotatable bonds is 2. The molecule has 6 nitrogen and oxygen atoms in total. The van der Waals surface area contributed by atoms with E-state index in [0.29, 0.717) is 6.54 Å². The molecular weight excluding hydrogens is 308 g/mol. The van der Waals surface area contributed by atoms with Crippen molar-refractivity contribution in [3.05, 3.63) is 35.9 Å². The van der Waals surface area contributed by atoms with E-state index in [9.17, 15) is 9.59 Å². The first-order valence-corrected chi connectivity index (χ1v) is 8.30. The lowest BCUT2D eigenvalue weighted by Crippen LogP contribution is -2.44. The van der Waals surface area contributed by atoms with Gasteiger partial charge in [-0.2, -0.15) is 5.06 Å². The van der Waals surface area contributed by atoms with Crippen LogP contribution in [-0.2, 0) is 14.4 Å².